The Kier molecular flexibility index (Phi) is 8.04. The second-order valence-corrected chi connectivity index (χ2v) is 6.77. The molecule has 8 heteroatoms. The summed E-state index contributed by atoms with van der Waals surface area (Å²) in [4.78, 5) is 14.4. The van der Waals surface area contributed by atoms with Crippen molar-refractivity contribution in [2.75, 3.05) is 34.4 Å². The molecule has 0 aromatic heterocycles. The molecule has 1 unspecified atom stereocenters. The van der Waals surface area contributed by atoms with Crippen LogP contribution in [0.3, 0.4) is 0 Å². The fourth-order valence-electron chi connectivity index (χ4n) is 2.78. The van der Waals surface area contributed by atoms with Crippen LogP contribution in [0.1, 0.15) is 27.5 Å². The average Bonchev–Trinajstić information content (AvgIpc) is 2.67. The number of rotatable bonds is 9. The minimum Gasteiger partial charge on any atom is -0.497 e. The van der Waals surface area contributed by atoms with E-state index in [2.05, 4.69) is 10.1 Å². The summed E-state index contributed by atoms with van der Waals surface area (Å²) in [5.74, 6) is 0.478. The Balaban J connectivity index is 1.94. The molecular weight excluding hydrogens is 385 g/mol. The Bertz CT molecular complexity index is 793. The number of likely N-dealkylation sites (N-methyl/N-ethyl adjacent to an activating group) is 1. The van der Waals surface area contributed by atoms with Crippen LogP contribution in [0, 0.1) is 0 Å². The summed E-state index contributed by atoms with van der Waals surface area (Å²) in [6.45, 7) is -1.08. The minimum absolute atomic E-state index is 0.0518. The quantitative estimate of drug-likeness (QED) is 0.683. The summed E-state index contributed by atoms with van der Waals surface area (Å²) in [5.41, 5.74) is 1.99. The minimum atomic E-state index is -4.36. The SMILES string of the molecule is COc1cccc(C(CNC(=O)c2ccc(COCC(F)(F)F)cc2)N(C)C)c1. The van der Waals surface area contributed by atoms with Gasteiger partial charge in [-0.15, -0.1) is 0 Å². The summed E-state index contributed by atoms with van der Waals surface area (Å²) < 4.78 is 46.2. The van der Waals surface area contributed by atoms with Gasteiger partial charge < -0.3 is 19.7 Å². The van der Waals surface area contributed by atoms with Crippen molar-refractivity contribution >= 4 is 5.91 Å². The van der Waals surface area contributed by atoms with E-state index >= 15 is 0 Å². The zero-order chi connectivity index (χ0) is 21.4. The van der Waals surface area contributed by atoms with Crippen LogP contribution in [-0.2, 0) is 11.3 Å². The van der Waals surface area contributed by atoms with Crippen LogP contribution >= 0.6 is 0 Å². The third-order valence-corrected chi connectivity index (χ3v) is 4.31. The number of halogens is 3. The number of hydrogen-bond donors (Lipinski definition) is 1. The lowest BCUT2D eigenvalue weighted by atomic mass is 10.1. The van der Waals surface area contributed by atoms with Crippen molar-refractivity contribution in [1.29, 1.82) is 0 Å². The van der Waals surface area contributed by atoms with Gasteiger partial charge in [-0.25, -0.2) is 0 Å². The molecule has 29 heavy (non-hydrogen) atoms. The highest BCUT2D eigenvalue weighted by Gasteiger charge is 2.27. The van der Waals surface area contributed by atoms with Gasteiger partial charge in [0, 0.05) is 12.1 Å². The lowest BCUT2D eigenvalue weighted by Gasteiger charge is -2.25. The van der Waals surface area contributed by atoms with Crippen molar-refractivity contribution in [2.45, 2.75) is 18.8 Å². The highest BCUT2D eigenvalue weighted by atomic mass is 19.4. The van der Waals surface area contributed by atoms with E-state index in [0.29, 0.717) is 17.7 Å². The van der Waals surface area contributed by atoms with E-state index in [4.69, 9.17) is 4.74 Å². The number of nitrogens with one attached hydrogen (secondary N) is 1. The molecule has 0 aliphatic heterocycles. The first-order valence-electron chi connectivity index (χ1n) is 9.01. The summed E-state index contributed by atoms with van der Waals surface area (Å²) in [6, 6.07) is 13.9. The Hall–Kier alpha value is -2.58. The van der Waals surface area contributed by atoms with Gasteiger partial charge in [-0.2, -0.15) is 13.2 Å². The summed E-state index contributed by atoms with van der Waals surface area (Å²) >= 11 is 0. The van der Waals surface area contributed by atoms with Gasteiger partial charge in [-0.1, -0.05) is 24.3 Å². The third-order valence-electron chi connectivity index (χ3n) is 4.31. The van der Waals surface area contributed by atoms with Crippen LogP contribution in [0.5, 0.6) is 5.75 Å². The highest BCUT2D eigenvalue weighted by Crippen LogP contribution is 2.22. The van der Waals surface area contributed by atoms with Crippen LogP contribution in [0.4, 0.5) is 13.2 Å². The smallest absolute Gasteiger partial charge is 0.411 e. The van der Waals surface area contributed by atoms with Gasteiger partial charge in [0.2, 0.25) is 0 Å². The van der Waals surface area contributed by atoms with E-state index in [9.17, 15) is 18.0 Å². The molecule has 0 aliphatic carbocycles. The van der Waals surface area contributed by atoms with Crippen molar-refractivity contribution in [3.63, 3.8) is 0 Å². The van der Waals surface area contributed by atoms with Crippen LogP contribution in [0.25, 0.3) is 0 Å². The van der Waals surface area contributed by atoms with Crippen molar-refractivity contribution in [3.05, 3.63) is 65.2 Å². The number of benzene rings is 2. The van der Waals surface area contributed by atoms with Gasteiger partial charge in [-0.05, 0) is 49.5 Å². The molecule has 0 spiro atoms. The average molecular weight is 410 g/mol. The Morgan fingerprint density at radius 2 is 1.83 bits per heavy atom. The fourth-order valence-corrected chi connectivity index (χ4v) is 2.78. The largest absolute Gasteiger partial charge is 0.497 e. The van der Waals surface area contributed by atoms with Gasteiger partial charge in [0.1, 0.15) is 12.4 Å². The molecular formula is C21H25F3N2O3. The second kappa shape index (κ2) is 10.3. The molecule has 2 aromatic rings. The first-order chi connectivity index (χ1) is 13.7. The van der Waals surface area contributed by atoms with E-state index in [1.807, 2.05) is 43.3 Å². The number of ether oxygens (including phenoxy) is 2. The molecule has 2 rings (SSSR count). The Labute approximate surface area is 168 Å². The molecule has 0 saturated carbocycles. The molecule has 0 aliphatic rings. The van der Waals surface area contributed by atoms with Crippen LogP contribution in [0.15, 0.2) is 48.5 Å². The third kappa shape index (κ3) is 7.40. The summed E-state index contributed by atoms with van der Waals surface area (Å²) in [7, 11) is 5.45. The number of hydrogen-bond acceptors (Lipinski definition) is 4. The first kappa shape index (κ1) is 22.7. The molecule has 1 amide bonds. The second-order valence-electron chi connectivity index (χ2n) is 6.77. The fraction of sp³-hybridized carbons (Fsp3) is 0.381. The Morgan fingerprint density at radius 1 is 1.14 bits per heavy atom. The van der Waals surface area contributed by atoms with Crippen molar-refractivity contribution < 1.29 is 27.4 Å². The molecule has 5 nitrogen and oxygen atoms in total. The molecule has 0 radical (unpaired) electrons. The molecule has 2 aromatic carbocycles. The highest BCUT2D eigenvalue weighted by molar-refractivity contribution is 5.94. The van der Waals surface area contributed by atoms with Crippen molar-refractivity contribution in [1.82, 2.24) is 10.2 Å². The maximum atomic E-state index is 12.4. The van der Waals surface area contributed by atoms with Gasteiger partial charge in [0.05, 0.1) is 19.8 Å². The number of alkyl halides is 3. The maximum Gasteiger partial charge on any atom is 0.411 e. The topological polar surface area (TPSA) is 50.8 Å². The van der Waals surface area contributed by atoms with Crippen LogP contribution in [-0.4, -0.2) is 51.3 Å². The number of carbonyl (C=O) groups excluding carboxylic acids is 1. The van der Waals surface area contributed by atoms with E-state index in [1.54, 1.807) is 31.4 Å². The predicted octanol–water partition coefficient (Wildman–Crippen LogP) is 3.81. The van der Waals surface area contributed by atoms with Crippen molar-refractivity contribution in [2.24, 2.45) is 0 Å². The van der Waals surface area contributed by atoms with Crippen LogP contribution < -0.4 is 10.1 Å². The van der Waals surface area contributed by atoms with E-state index in [1.165, 1.54) is 0 Å². The van der Waals surface area contributed by atoms with Gasteiger partial charge in [0.15, 0.2) is 0 Å². The van der Waals surface area contributed by atoms with Gasteiger partial charge in [0.25, 0.3) is 5.91 Å². The lowest BCUT2D eigenvalue weighted by molar-refractivity contribution is -0.176. The predicted molar refractivity (Wildman–Crippen MR) is 104 cm³/mol. The number of methoxy groups -OCH3 is 1. The molecule has 1 N–H and O–H groups in total. The molecule has 158 valence electrons. The van der Waals surface area contributed by atoms with E-state index in [0.717, 1.165) is 11.3 Å². The normalized spacial score (nSPS) is 12.7. The zero-order valence-corrected chi connectivity index (χ0v) is 16.6. The molecule has 0 bridgehead atoms. The first-order valence-corrected chi connectivity index (χ1v) is 9.01. The van der Waals surface area contributed by atoms with Gasteiger partial charge in [-0.3, -0.25) is 4.79 Å². The number of carbonyl (C=O) groups is 1. The molecule has 1 atom stereocenters. The number of amides is 1. The number of nitrogens with zero attached hydrogens (tertiary/aromatic N) is 1. The molecule has 0 fully saturated rings. The van der Waals surface area contributed by atoms with E-state index < -0.39 is 12.8 Å². The summed E-state index contributed by atoms with van der Waals surface area (Å²) in [5, 5.41) is 2.90. The van der Waals surface area contributed by atoms with Gasteiger partial charge >= 0.3 is 6.18 Å². The lowest BCUT2D eigenvalue weighted by Crippen LogP contribution is -2.34. The molecule has 0 saturated heterocycles. The zero-order valence-electron chi connectivity index (χ0n) is 16.6. The maximum absolute atomic E-state index is 12.4. The Morgan fingerprint density at radius 3 is 2.41 bits per heavy atom. The monoisotopic (exact) mass is 410 g/mol. The standard InChI is InChI=1S/C21H25F3N2O3/c1-26(2)19(17-5-4-6-18(11-17)28-3)12-25-20(27)16-9-7-15(8-10-16)13-29-14-21(22,23)24/h4-11,19H,12-14H2,1-3H3,(H,25,27). The summed E-state index contributed by atoms with van der Waals surface area (Å²) in [6.07, 6.45) is -4.36. The van der Waals surface area contributed by atoms with Crippen molar-refractivity contribution in [3.8, 4) is 5.75 Å². The van der Waals surface area contributed by atoms with Crippen LogP contribution in [0.2, 0.25) is 0 Å². The molecule has 0 heterocycles. The van der Waals surface area contributed by atoms with E-state index in [-0.39, 0.29) is 18.6 Å².